The lowest BCUT2D eigenvalue weighted by Gasteiger charge is -2.33. The molecule has 30 heavy (non-hydrogen) atoms. The highest BCUT2D eigenvalue weighted by Crippen LogP contribution is 2.41. The lowest BCUT2D eigenvalue weighted by molar-refractivity contribution is 0.0500. The largest absolute Gasteiger partial charge is 0.392 e. The number of nitrogens with one attached hydrogen (secondary N) is 1. The Morgan fingerprint density at radius 1 is 1.20 bits per heavy atom. The van der Waals surface area contributed by atoms with Gasteiger partial charge in [0.2, 0.25) is 0 Å². The molecule has 0 bridgehead atoms. The zero-order valence-corrected chi connectivity index (χ0v) is 16.4. The van der Waals surface area contributed by atoms with Gasteiger partial charge in [-0.2, -0.15) is 5.10 Å². The number of benzene rings is 2. The van der Waals surface area contributed by atoms with E-state index in [-0.39, 0.29) is 24.0 Å². The smallest absolute Gasteiger partial charge is 0.254 e. The quantitative estimate of drug-likeness (QED) is 0.651. The third-order valence-corrected chi connectivity index (χ3v) is 5.87. The zero-order chi connectivity index (χ0) is 21.1. The van der Waals surface area contributed by atoms with Crippen molar-refractivity contribution >= 4 is 5.91 Å². The van der Waals surface area contributed by atoms with Gasteiger partial charge in [-0.05, 0) is 49.1 Å². The molecule has 1 saturated carbocycles. The number of amides is 1. The van der Waals surface area contributed by atoms with Crippen LogP contribution in [0.15, 0.2) is 60.9 Å². The highest BCUT2D eigenvalue weighted by molar-refractivity contribution is 5.93. The fourth-order valence-electron chi connectivity index (χ4n) is 4.17. The van der Waals surface area contributed by atoms with Gasteiger partial charge in [-0.25, -0.2) is 13.5 Å². The van der Waals surface area contributed by atoms with Gasteiger partial charge < -0.3 is 10.4 Å². The van der Waals surface area contributed by atoms with Crippen LogP contribution in [0.25, 0.3) is 5.69 Å². The van der Waals surface area contributed by atoms with Gasteiger partial charge in [0.25, 0.3) is 5.91 Å². The molecule has 1 amide bonds. The molecule has 1 aliphatic carbocycles. The SMILES string of the molecule is O=C(NC[C@]1(Cc2ccc(F)cc2)CCC[C@H]1O)c1cnn(-c2ccccc2F)c1. The van der Waals surface area contributed by atoms with E-state index >= 15 is 0 Å². The van der Waals surface area contributed by atoms with Crippen molar-refractivity contribution in [1.82, 2.24) is 15.1 Å². The molecule has 2 N–H and O–H groups in total. The van der Waals surface area contributed by atoms with E-state index in [1.807, 2.05) is 0 Å². The molecular weight excluding hydrogens is 388 g/mol. The maximum atomic E-state index is 14.0. The Bertz CT molecular complexity index is 1030. The molecule has 2 atom stereocenters. The normalized spacial score (nSPS) is 21.0. The molecule has 156 valence electrons. The van der Waals surface area contributed by atoms with Crippen LogP contribution >= 0.6 is 0 Å². The van der Waals surface area contributed by atoms with E-state index < -0.39 is 17.3 Å². The number of aromatic nitrogens is 2. The van der Waals surface area contributed by atoms with Gasteiger partial charge in [0.1, 0.15) is 17.3 Å². The molecule has 1 aromatic heterocycles. The standard InChI is InChI=1S/C23H23F2N3O2/c24-18-9-7-16(8-10-18)12-23(11-3-6-21(23)29)15-26-22(30)17-13-27-28(14-17)20-5-2-1-4-19(20)25/h1-2,4-5,7-10,13-14,21,29H,3,6,11-12,15H2,(H,26,30)/t21-,23-/m1/s1. The van der Waals surface area contributed by atoms with E-state index in [0.29, 0.717) is 18.4 Å². The summed E-state index contributed by atoms with van der Waals surface area (Å²) in [6.45, 7) is 0.287. The first-order valence-corrected chi connectivity index (χ1v) is 9.97. The van der Waals surface area contributed by atoms with E-state index in [1.54, 1.807) is 30.3 Å². The van der Waals surface area contributed by atoms with Crippen LogP contribution in [0, 0.1) is 17.0 Å². The van der Waals surface area contributed by atoms with Crippen molar-refractivity contribution in [3.63, 3.8) is 0 Å². The highest BCUT2D eigenvalue weighted by atomic mass is 19.1. The predicted octanol–water partition coefficient (Wildman–Crippen LogP) is 3.65. The van der Waals surface area contributed by atoms with Crippen LogP contribution in [0.5, 0.6) is 0 Å². The fraction of sp³-hybridized carbons (Fsp3) is 0.304. The van der Waals surface area contributed by atoms with Crippen LogP contribution in [0.2, 0.25) is 0 Å². The molecule has 0 aliphatic heterocycles. The Hall–Kier alpha value is -3.06. The van der Waals surface area contributed by atoms with Crippen molar-refractivity contribution in [2.75, 3.05) is 6.54 Å². The molecule has 7 heteroatoms. The Morgan fingerprint density at radius 2 is 1.97 bits per heavy atom. The molecule has 0 unspecified atom stereocenters. The summed E-state index contributed by atoms with van der Waals surface area (Å²) in [6, 6.07) is 12.4. The first kappa shape index (κ1) is 20.2. The molecule has 3 aromatic rings. The van der Waals surface area contributed by atoms with Gasteiger partial charge >= 0.3 is 0 Å². The number of aliphatic hydroxyl groups excluding tert-OH is 1. The average Bonchev–Trinajstić information content (AvgIpc) is 3.36. The monoisotopic (exact) mass is 411 g/mol. The highest BCUT2D eigenvalue weighted by Gasteiger charge is 2.42. The molecule has 1 aliphatic rings. The summed E-state index contributed by atoms with van der Waals surface area (Å²) in [6.07, 6.45) is 5.16. The summed E-state index contributed by atoms with van der Waals surface area (Å²) in [4.78, 5) is 12.7. The second-order valence-electron chi connectivity index (χ2n) is 7.88. The fourth-order valence-corrected chi connectivity index (χ4v) is 4.17. The maximum absolute atomic E-state index is 14.0. The maximum Gasteiger partial charge on any atom is 0.254 e. The summed E-state index contributed by atoms with van der Waals surface area (Å²) in [5, 5.41) is 17.6. The summed E-state index contributed by atoms with van der Waals surface area (Å²) >= 11 is 0. The first-order valence-electron chi connectivity index (χ1n) is 9.97. The topological polar surface area (TPSA) is 67.2 Å². The Kier molecular flexibility index (Phi) is 5.63. The molecule has 4 rings (SSSR count). The van der Waals surface area contributed by atoms with Crippen LogP contribution < -0.4 is 5.32 Å². The molecule has 2 aromatic carbocycles. The van der Waals surface area contributed by atoms with Gasteiger partial charge in [0, 0.05) is 18.2 Å². The molecular formula is C23H23F2N3O2. The van der Waals surface area contributed by atoms with Crippen molar-refractivity contribution in [3.8, 4) is 5.69 Å². The average molecular weight is 411 g/mol. The summed E-state index contributed by atoms with van der Waals surface area (Å²) in [5.74, 6) is -1.07. The van der Waals surface area contributed by atoms with E-state index in [1.165, 1.54) is 35.3 Å². The van der Waals surface area contributed by atoms with Gasteiger partial charge in [-0.3, -0.25) is 4.79 Å². The van der Waals surface area contributed by atoms with E-state index in [4.69, 9.17) is 0 Å². The van der Waals surface area contributed by atoms with Gasteiger partial charge in [-0.1, -0.05) is 30.7 Å². The van der Waals surface area contributed by atoms with Crippen LogP contribution in [0.4, 0.5) is 8.78 Å². The van der Waals surface area contributed by atoms with Crippen molar-refractivity contribution in [2.24, 2.45) is 5.41 Å². The number of rotatable bonds is 6. The van der Waals surface area contributed by atoms with Crippen LogP contribution in [0.3, 0.4) is 0 Å². The number of hydrogen-bond donors (Lipinski definition) is 2. The van der Waals surface area contributed by atoms with Crippen molar-refractivity contribution in [1.29, 1.82) is 0 Å². The van der Waals surface area contributed by atoms with E-state index in [0.717, 1.165) is 18.4 Å². The second-order valence-corrected chi connectivity index (χ2v) is 7.88. The third-order valence-electron chi connectivity index (χ3n) is 5.87. The Labute approximate surface area is 173 Å². The molecule has 1 fully saturated rings. The van der Waals surface area contributed by atoms with Crippen LogP contribution in [-0.2, 0) is 6.42 Å². The third kappa shape index (κ3) is 4.11. The summed E-state index contributed by atoms with van der Waals surface area (Å²) in [5.41, 5.74) is 0.979. The molecule has 1 heterocycles. The number of hydrogen-bond acceptors (Lipinski definition) is 3. The second kappa shape index (κ2) is 8.36. The summed E-state index contributed by atoms with van der Waals surface area (Å²) < 4.78 is 28.5. The number of halogens is 2. The minimum Gasteiger partial charge on any atom is -0.392 e. The lowest BCUT2D eigenvalue weighted by atomic mass is 9.78. The Balaban J connectivity index is 1.47. The van der Waals surface area contributed by atoms with Crippen LogP contribution in [-0.4, -0.2) is 33.4 Å². The minimum absolute atomic E-state index is 0.260. The van der Waals surface area contributed by atoms with E-state index in [2.05, 4.69) is 10.4 Å². The number of carbonyl (C=O) groups is 1. The number of para-hydroxylation sites is 1. The number of nitrogens with zero attached hydrogens (tertiary/aromatic N) is 2. The van der Waals surface area contributed by atoms with Gasteiger partial charge in [0.05, 0.1) is 17.9 Å². The molecule has 5 nitrogen and oxygen atoms in total. The van der Waals surface area contributed by atoms with Crippen LogP contribution in [0.1, 0.15) is 35.2 Å². The van der Waals surface area contributed by atoms with Crippen molar-refractivity contribution < 1.29 is 18.7 Å². The van der Waals surface area contributed by atoms with Crippen molar-refractivity contribution in [2.45, 2.75) is 31.8 Å². The van der Waals surface area contributed by atoms with E-state index in [9.17, 15) is 18.7 Å². The molecule has 0 radical (unpaired) electrons. The number of aliphatic hydroxyl groups is 1. The number of carbonyl (C=O) groups excluding carboxylic acids is 1. The lowest BCUT2D eigenvalue weighted by Crippen LogP contribution is -2.44. The summed E-state index contributed by atoms with van der Waals surface area (Å²) in [7, 11) is 0. The van der Waals surface area contributed by atoms with Gasteiger partial charge in [-0.15, -0.1) is 0 Å². The van der Waals surface area contributed by atoms with Crippen molar-refractivity contribution in [3.05, 3.63) is 83.7 Å². The minimum atomic E-state index is -0.552. The van der Waals surface area contributed by atoms with Gasteiger partial charge in [0.15, 0.2) is 0 Å². The molecule has 0 saturated heterocycles. The first-order chi connectivity index (χ1) is 14.5. The molecule has 0 spiro atoms. The zero-order valence-electron chi connectivity index (χ0n) is 16.4. The Morgan fingerprint density at radius 3 is 2.67 bits per heavy atom. The predicted molar refractivity (Wildman–Crippen MR) is 108 cm³/mol.